The highest BCUT2D eigenvalue weighted by molar-refractivity contribution is 7.12. The van der Waals surface area contributed by atoms with E-state index in [2.05, 4.69) is 35.5 Å². The van der Waals surface area contributed by atoms with Crippen molar-refractivity contribution < 1.29 is 23.6 Å². The van der Waals surface area contributed by atoms with E-state index in [1.54, 1.807) is 35.5 Å². The first kappa shape index (κ1) is 48.6. The van der Waals surface area contributed by atoms with E-state index >= 15 is 4.39 Å². The summed E-state index contributed by atoms with van der Waals surface area (Å²) >= 11 is 1.42. The number of anilines is 4. The number of aromatic nitrogens is 10. The van der Waals surface area contributed by atoms with Crippen LogP contribution in [0.15, 0.2) is 104 Å². The molecule has 1 aromatic carbocycles. The first-order valence-corrected chi connectivity index (χ1v) is 24.2. The number of pyridine rings is 2. The predicted octanol–water partition coefficient (Wildman–Crippen LogP) is 0.885. The Morgan fingerprint density at radius 1 is 0.608 bits per heavy atom. The molecule has 0 aliphatic carbocycles. The number of nitrogens with one attached hydrogen (secondary N) is 2. The minimum absolute atomic E-state index is 0.0155. The average Bonchev–Trinajstić information content (AvgIpc) is 4.20. The molecule has 2 aliphatic heterocycles. The van der Waals surface area contributed by atoms with Gasteiger partial charge in [0.15, 0.2) is 22.3 Å². The van der Waals surface area contributed by atoms with Crippen LogP contribution in [0.2, 0.25) is 0 Å². The Morgan fingerprint density at radius 2 is 1.14 bits per heavy atom. The van der Waals surface area contributed by atoms with Crippen LogP contribution < -0.4 is 42.9 Å². The molecule has 0 radical (unpaired) electrons. The second kappa shape index (κ2) is 19.9. The second-order valence-electron chi connectivity index (χ2n) is 17.8. The number of halogens is 1. The molecule has 8 aromatic rings. The van der Waals surface area contributed by atoms with Gasteiger partial charge in [0.2, 0.25) is 11.8 Å². The number of thiophene rings is 1. The number of carbonyl (C=O) groups is 4. The zero-order valence-electron chi connectivity index (χ0n) is 40.2. The third-order valence-corrected chi connectivity index (χ3v) is 14.1. The molecule has 2 aliphatic rings. The molecule has 4 amide bonds. The van der Waals surface area contributed by atoms with Crippen LogP contribution in [-0.2, 0) is 50.4 Å². The zero-order chi connectivity index (χ0) is 51.9. The number of piperazine rings is 2. The molecule has 0 atom stereocenters. The molecule has 0 spiro atoms. The van der Waals surface area contributed by atoms with Crippen molar-refractivity contribution in [2.24, 2.45) is 21.1 Å². The van der Waals surface area contributed by atoms with Crippen LogP contribution in [0.1, 0.15) is 25.6 Å². The molecule has 0 unspecified atom stereocenters. The Morgan fingerprint density at radius 3 is 1.64 bits per heavy atom. The van der Waals surface area contributed by atoms with Gasteiger partial charge in [0.25, 0.3) is 22.9 Å². The summed E-state index contributed by atoms with van der Waals surface area (Å²) in [5.41, 5.74) is -0.746. The number of hydrogen-bond acceptors (Lipinski definition) is 15. The fourth-order valence-electron chi connectivity index (χ4n) is 9.12. The first-order valence-electron chi connectivity index (χ1n) is 23.3. The molecule has 380 valence electrons. The number of rotatable bonds is 12. The van der Waals surface area contributed by atoms with E-state index in [1.807, 2.05) is 33.4 Å². The normalized spacial score (nSPS) is 14.0. The Bertz CT molecular complexity index is 3750. The van der Waals surface area contributed by atoms with Gasteiger partial charge in [-0.3, -0.25) is 47.0 Å². The molecule has 9 heterocycles. The molecule has 2 saturated heterocycles. The van der Waals surface area contributed by atoms with Crippen LogP contribution in [0, 0.1) is 5.82 Å². The summed E-state index contributed by atoms with van der Waals surface area (Å²) in [4.78, 5) is 130. The van der Waals surface area contributed by atoms with Crippen molar-refractivity contribution in [2.45, 2.75) is 19.6 Å². The lowest BCUT2D eigenvalue weighted by Crippen LogP contribution is -2.48. The molecular weight excluding hydrogens is 980 g/mol. The summed E-state index contributed by atoms with van der Waals surface area (Å²) in [6.45, 7) is 2.79. The lowest BCUT2D eigenvalue weighted by Gasteiger charge is -2.36. The van der Waals surface area contributed by atoms with E-state index in [4.69, 9.17) is 0 Å². The van der Waals surface area contributed by atoms with E-state index in [0.29, 0.717) is 57.2 Å². The van der Waals surface area contributed by atoms with Crippen molar-refractivity contribution in [1.82, 2.24) is 57.1 Å². The predicted molar refractivity (Wildman–Crippen MR) is 271 cm³/mol. The standard InChI is InChI=1S/C48H47FN16O8S/c1-56-41-39(45(70)58(3)47(56)72)63(27-52-41)25-37(66)54-35-10-8-31(22-50-35)59-12-16-61(17-13-59)43(68)29-6-7-30(33(49)21-29)24-65-46(71)40-42(57(2)48(65)73)53-28-64(40)26-38(67)55-36-11-9-32(23-51-36)60-14-18-62(19-15-60)44(69)34-5-4-20-74-34/h4-11,20-23,27-28H,12-19,24-26H2,1-3H3,(H,50,54,66)(H,51,55,67). The molecule has 24 nitrogen and oxygen atoms in total. The second-order valence-corrected chi connectivity index (χ2v) is 18.7. The van der Waals surface area contributed by atoms with Gasteiger partial charge < -0.3 is 39.4 Å². The minimum atomic E-state index is -0.797. The van der Waals surface area contributed by atoms with Gasteiger partial charge >= 0.3 is 11.4 Å². The fraction of sp³-hybridized carbons (Fsp3) is 0.292. The summed E-state index contributed by atoms with van der Waals surface area (Å²) in [5, 5.41) is 7.31. The largest absolute Gasteiger partial charge is 0.367 e. The van der Waals surface area contributed by atoms with Crippen molar-refractivity contribution in [2.75, 3.05) is 72.8 Å². The molecule has 7 aromatic heterocycles. The van der Waals surface area contributed by atoms with Crippen LogP contribution in [0.4, 0.5) is 27.4 Å². The van der Waals surface area contributed by atoms with Gasteiger partial charge in [0.05, 0.1) is 47.8 Å². The quantitative estimate of drug-likeness (QED) is 0.172. The lowest BCUT2D eigenvalue weighted by molar-refractivity contribution is -0.117. The van der Waals surface area contributed by atoms with Gasteiger partial charge in [0, 0.05) is 84.6 Å². The van der Waals surface area contributed by atoms with Crippen LogP contribution in [-0.4, -0.2) is 133 Å². The van der Waals surface area contributed by atoms with Crippen molar-refractivity contribution in [3.05, 3.63) is 149 Å². The zero-order valence-corrected chi connectivity index (χ0v) is 41.0. The van der Waals surface area contributed by atoms with Crippen LogP contribution in [0.25, 0.3) is 22.3 Å². The highest BCUT2D eigenvalue weighted by Gasteiger charge is 2.26. The molecule has 2 fully saturated rings. The van der Waals surface area contributed by atoms with E-state index in [1.165, 1.54) is 71.0 Å². The van der Waals surface area contributed by atoms with Crippen molar-refractivity contribution >= 4 is 80.3 Å². The Balaban J connectivity index is 0.729. The monoisotopic (exact) mass is 1030 g/mol. The SMILES string of the molecule is Cn1c(=O)c2c(ncn2CC(=O)Nc2ccc(N3CCN(C(=O)c4ccc(Cn5c(=O)c6c(ncn6CC(=O)Nc6ccc(N7CCN(C(=O)c8cccs8)CC7)cn6)n(C)c5=O)c(F)c4)CC3)cn2)n(C)c1=O. The van der Waals surface area contributed by atoms with Gasteiger partial charge in [-0.05, 0) is 47.8 Å². The van der Waals surface area contributed by atoms with E-state index < -0.39 is 52.6 Å². The maximum atomic E-state index is 15.8. The third kappa shape index (κ3) is 9.32. The molecular formula is C48H47FN16O8S. The Kier molecular flexibility index (Phi) is 13.0. The highest BCUT2D eigenvalue weighted by Crippen LogP contribution is 2.22. The molecule has 26 heteroatoms. The Labute approximate surface area is 421 Å². The van der Waals surface area contributed by atoms with Gasteiger partial charge in [0.1, 0.15) is 30.5 Å². The molecule has 0 bridgehead atoms. The molecule has 74 heavy (non-hydrogen) atoms. The number of fused-ring (bicyclic) bond motifs is 2. The number of imidazole rings is 2. The van der Waals surface area contributed by atoms with Gasteiger partial charge in [-0.15, -0.1) is 11.3 Å². The number of amides is 4. The fourth-order valence-corrected chi connectivity index (χ4v) is 9.81. The van der Waals surface area contributed by atoms with E-state index in [-0.39, 0.29) is 64.1 Å². The number of benzene rings is 1. The first-order chi connectivity index (χ1) is 35.6. The number of aryl methyl sites for hydroxylation is 2. The average molecular weight is 1030 g/mol. The summed E-state index contributed by atoms with van der Waals surface area (Å²) in [6.07, 6.45) is 5.82. The summed E-state index contributed by atoms with van der Waals surface area (Å²) < 4.78 is 22.7. The van der Waals surface area contributed by atoms with Crippen LogP contribution >= 0.6 is 11.3 Å². The lowest BCUT2D eigenvalue weighted by atomic mass is 10.1. The molecule has 10 rings (SSSR count). The number of carbonyl (C=O) groups excluding carboxylic acids is 4. The summed E-state index contributed by atoms with van der Waals surface area (Å²) in [7, 11) is 4.26. The third-order valence-electron chi connectivity index (χ3n) is 13.2. The smallest absolute Gasteiger partial charge is 0.332 e. The van der Waals surface area contributed by atoms with Crippen molar-refractivity contribution in [1.29, 1.82) is 0 Å². The van der Waals surface area contributed by atoms with Crippen molar-refractivity contribution in [3.63, 3.8) is 0 Å². The van der Waals surface area contributed by atoms with Gasteiger partial charge in [-0.1, -0.05) is 12.1 Å². The van der Waals surface area contributed by atoms with Crippen molar-refractivity contribution in [3.8, 4) is 0 Å². The van der Waals surface area contributed by atoms with Crippen LogP contribution in [0.5, 0.6) is 0 Å². The van der Waals surface area contributed by atoms with Gasteiger partial charge in [-0.25, -0.2) is 33.9 Å². The maximum absolute atomic E-state index is 15.8. The van der Waals surface area contributed by atoms with E-state index in [0.717, 1.165) is 31.1 Å². The summed E-state index contributed by atoms with van der Waals surface area (Å²) in [6, 6.07) is 14.4. The maximum Gasteiger partial charge on any atom is 0.332 e. The molecule has 0 saturated carbocycles. The Hall–Kier alpha value is -9.07. The highest BCUT2D eigenvalue weighted by atomic mass is 32.1. The molecule has 2 N–H and O–H groups in total. The number of hydrogen-bond donors (Lipinski definition) is 2. The number of nitrogens with zero attached hydrogens (tertiary/aromatic N) is 14. The van der Waals surface area contributed by atoms with Crippen LogP contribution in [0.3, 0.4) is 0 Å². The minimum Gasteiger partial charge on any atom is -0.367 e. The van der Waals surface area contributed by atoms with E-state index in [9.17, 15) is 38.4 Å². The summed E-state index contributed by atoms with van der Waals surface area (Å²) in [5.74, 6) is -1.63. The topological polar surface area (TPSA) is 255 Å². The van der Waals surface area contributed by atoms with Gasteiger partial charge in [-0.2, -0.15) is 0 Å².